The van der Waals surface area contributed by atoms with E-state index < -0.39 is 0 Å². The van der Waals surface area contributed by atoms with Crippen LogP contribution in [0, 0.1) is 0 Å². The third kappa shape index (κ3) is 8.51. The van der Waals surface area contributed by atoms with Crippen molar-refractivity contribution in [1.29, 1.82) is 0 Å². The molecular weight excluding hydrogens is 652 g/mol. The van der Waals surface area contributed by atoms with Crippen LogP contribution in [0.2, 0.25) is 5.02 Å². The minimum Gasteiger partial charge on any atom is -0.497 e. The Bertz CT molecular complexity index is 1900. The molecule has 0 unspecified atom stereocenters. The summed E-state index contributed by atoms with van der Waals surface area (Å²) in [7, 11) is 3.77. The topological polar surface area (TPSA) is 132 Å². The predicted molar refractivity (Wildman–Crippen MR) is 201 cm³/mol. The van der Waals surface area contributed by atoms with Crippen molar-refractivity contribution in [1.82, 2.24) is 34.6 Å². The number of amides is 1. The average molecular weight is 697 g/mol. The molecule has 0 saturated carbocycles. The molecule has 5 aromatic rings. The summed E-state index contributed by atoms with van der Waals surface area (Å²) in [5.41, 5.74) is 11.6. The highest BCUT2D eigenvalue weighted by Crippen LogP contribution is 2.36. The molecule has 262 valence electrons. The Hall–Kier alpha value is -4.75. The number of fused-ring (bicyclic) bond motifs is 1. The molecule has 2 saturated heterocycles. The number of ether oxygens (including phenoxy) is 1. The van der Waals surface area contributed by atoms with E-state index in [2.05, 4.69) is 64.9 Å². The van der Waals surface area contributed by atoms with Crippen LogP contribution in [0.25, 0.3) is 22.2 Å². The highest BCUT2D eigenvalue weighted by molar-refractivity contribution is 6.33. The molecule has 0 spiro atoms. The number of carbonyl (C=O) groups is 1. The fraction of sp³-hybridized carbons (Fsp3) is 0.351. The molecule has 2 aromatic heterocycles. The second-order valence-electron chi connectivity index (χ2n) is 12.6. The molecule has 4 N–H and O–H groups in total. The number of hydrogen-bond donors (Lipinski definition) is 3. The van der Waals surface area contributed by atoms with Crippen LogP contribution in [0.5, 0.6) is 5.75 Å². The van der Waals surface area contributed by atoms with Gasteiger partial charge in [-0.3, -0.25) is 19.7 Å². The minimum absolute atomic E-state index is 0.239. The molecule has 0 aliphatic carbocycles. The van der Waals surface area contributed by atoms with Gasteiger partial charge in [0.2, 0.25) is 0 Å². The number of piperazine rings is 2. The molecule has 2 aliphatic heterocycles. The van der Waals surface area contributed by atoms with Crippen LogP contribution in [0.1, 0.15) is 23.0 Å². The number of H-pyrrole nitrogens is 1. The van der Waals surface area contributed by atoms with E-state index in [4.69, 9.17) is 22.1 Å². The zero-order valence-electron chi connectivity index (χ0n) is 28.9. The summed E-state index contributed by atoms with van der Waals surface area (Å²) < 4.78 is 5.37. The van der Waals surface area contributed by atoms with Gasteiger partial charge >= 0.3 is 0 Å². The van der Waals surface area contributed by atoms with Crippen molar-refractivity contribution in [2.75, 3.05) is 89.0 Å². The molecule has 7 rings (SSSR count). The number of nitrogen functional groups attached to an aromatic ring is 1. The maximum Gasteiger partial charge on any atom is 0.257 e. The Balaban J connectivity index is 0.000000257. The van der Waals surface area contributed by atoms with Crippen molar-refractivity contribution >= 4 is 45.9 Å². The number of imidazole rings is 1. The van der Waals surface area contributed by atoms with Gasteiger partial charge in [-0.05, 0) is 56.1 Å². The van der Waals surface area contributed by atoms with Crippen LogP contribution in [-0.2, 0) is 6.54 Å². The van der Waals surface area contributed by atoms with E-state index in [-0.39, 0.29) is 5.91 Å². The van der Waals surface area contributed by atoms with Gasteiger partial charge in [-0.25, -0.2) is 4.98 Å². The number of hydrogen-bond acceptors (Lipinski definition) is 10. The lowest BCUT2D eigenvalue weighted by atomic mass is 10.00. The van der Waals surface area contributed by atoms with E-state index in [0.717, 1.165) is 93.6 Å². The summed E-state index contributed by atoms with van der Waals surface area (Å²) in [4.78, 5) is 39.0. The average Bonchev–Trinajstić information content (AvgIpc) is 3.56. The smallest absolute Gasteiger partial charge is 0.257 e. The largest absolute Gasteiger partial charge is 0.497 e. The van der Waals surface area contributed by atoms with Crippen molar-refractivity contribution in [3.8, 4) is 16.9 Å². The first-order chi connectivity index (χ1) is 24.3. The van der Waals surface area contributed by atoms with Gasteiger partial charge in [0.05, 0.1) is 30.1 Å². The van der Waals surface area contributed by atoms with Gasteiger partial charge in [0, 0.05) is 98.8 Å². The Kier molecular flexibility index (Phi) is 11.4. The summed E-state index contributed by atoms with van der Waals surface area (Å²) >= 11 is 6.50. The molecule has 3 aromatic carbocycles. The fourth-order valence-electron chi connectivity index (χ4n) is 6.30. The first kappa shape index (κ1) is 35.1. The van der Waals surface area contributed by atoms with Gasteiger partial charge in [0.25, 0.3) is 5.91 Å². The van der Waals surface area contributed by atoms with E-state index >= 15 is 0 Å². The molecule has 12 nitrogen and oxygen atoms in total. The van der Waals surface area contributed by atoms with Gasteiger partial charge in [0.1, 0.15) is 11.3 Å². The number of benzene rings is 3. The van der Waals surface area contributed by atoms with Crippen molar-refractivity contribution in [2.24, 2.45) is 0 Å². The van der Waals surface area contributed by atoms with E-state index in [1.165, 1.54) is 0 Å². The number of aromatic amines is 1. The van der Waals surface area contributed by atoms with Crippen LogP contribution in [0.4, 0.5) is 17.3 Å². The van der Waals surface area contributed by atoms with Crippen LogP contribution in [0.15, 0.2) is 73.2 Å². The third-order valence-electron chi connectivity index (χ3n) is 9.26. The second kappa shape index (κ2) is 16.3. The minimum atomic E-state index is -0.239. The summed E-state index contributed by atoms with van der Waals surface area (Å²) in [5.74, 6) is 0.954. The van der Waals surface area contributed by atoms with Crippen LogP contribution < -0.4 is 20.7 Å². The number of aromatic nitrogens is 4. The highest BCUT2D eigenvalue weighted by Gasteiger charge is 2.20. The van der Waals surface area contributed by atoms with Crippen molar-refractivity contribution < 1.29 is 9.53 Å². The third-order valence-corrected chi connectivity index (χ3v) is 9.59. The van der Waals surface area contributed by atoms with E-state index in [1.54, 1.807) is 37.7 Å². The number of halogens is 1. The SMILES string of the molecule is CCN1CCN(c2cccc(NC(=O)c3ccc(-c4cc(OC)ccc4Cl)c4nccnc34)c2)CC1.CN1CCN(Cc2cnc(N)[nH]2)CC1. The molecule has 0 atom stereocenters. The Morgan fingerprint density at radius 3 is 2.34 bits per heavy atom. The Morgan fingerprint density at radius 2 is 1.64 bits per heavy atom. The lowest BCUT2D eigenvalue weighted by molar-refractivity contribution is 0.102. The first-order valence-corrected chi connectivity index (χ1v) is 17.4. The number of anilines is 3. The summed E-state index contributed by atoms with van der Waals surface area (Å²) in [6, 6.07) is 17.1. The van der Waals surface area contributed by atoms with Crippen LogP contribution in [0.3, 0.4) is 0 Å². The number of rotatable bonds is 8. The van der Waals surface area contributed by atoms with E-state index in [9.17, 15) is 4.79 Å². The number of carbonyl (C=O) groups excluding carboxylic acids is 1. The van der Waals surface area contributed by atoms with Gasteiger partial charge in [-0.2, -0.15) is 0 Å². The maximum atomic E-state index is 13.4. The zero-order valence-corrected chi connectivity index (χ0v) is 29.7. The molecule has 50 heavy (non-hydrogen) atoms. The zero-order chi connectivity index (χ0) is 35.0. The lowest BCUT2D eigenvalue weighted by Crippen LogP contribution is -2.46. The van der Waals surface area contributed by atoms with Gasteiger partial charge < -0.3 is 35.5 Å². The number of likely N-dealkylation sites (N-methyl/N-ethyl adjacent to an activating group) is 2. The number of methoxy groups -OCH3 is 1. The lowest BCUT2D eigenvalue weighted by Gasteiger charge is -2.35. The Labute approximate surface area is 298 Å². The van der Waals surface area contributed by atoms with Crippen LogP contribution in [-0.4, -0.2) is 114 Å². The summed E-state index contributed by atoms with van der Waals surface area (Å²) in [6.45, 7) is 12.7. The molecule has 13 heteroatoms. The molecule has 2 aliphatic rings. The Morgan fingerprint density at radius 1 is 0.900 bits per heavy atom. The fourth-order valence-corrected chi connectivity index (χ4v) is 6.52. The molecular formula is C37H45ClN10O2. The van der Waals surface area contributed by atoms with Crippen molar-refractivity contribution in [3.05, 3.63) is 89.5 Å². The molecule has 0 radical (unpaired) electrons. The summed E-state index contributed by atoms with van der Waals surface area (Å²) in [6.07, 6.45) is 5.02. The van der Waals surface area contributed by atoms with E-state index in [1.807, 2.05) is 36.5 Å². The second-order valence-corrected chi connectivity index (χ2v) is 13.0. The number of nitrogens with one attached hydrogen (secondary N) is 2. The predicted octanol–water partition coefficient (Wildman–Crippen LogP) is 5.09. The normalized spacial score (nSPS) is 15.8. The van der Waals surface area contributed by atoms with Gasteiger partial charge in [-0.1, -0.05) is 30.7 Å². The van der Waals surface area contributed by atoms with Crippen molar-refractivity contribution in [2.45, 2.75) is 13.5 Å². The van der Waals surface area contributed by atoms with Crippen LogP contribution >= 0.6 is 11.6 Å². The molecule has 2 fully saturated rings. The molecule has 4 heterocycles. The standard InChI is InChI=1S/C28H28ClN5O2.C9H17N5/c1-3-33-13-15-34(16-14-33)20-6-4-5-19(17-20)32-28(35)23-9-8-22(26-27(23)31-12-11-30-26)24-18-21(36-2)7-10-25(24)29;1-13-2-4-14(5-3-13)7-8-6-11-9(10)12-8/h4-12,17-18H,3,13-16H2,1-2H3,(H,32,35);6H,2-5,7H2,1H3,(H3,10,11,12). The molecule has 0 bridgehead atoms. The monoisotopic (exact) mass is 696 g/mol. The first-order valence-electron chi connectivity index (χ1n) is 17.0. The number of nitrogens with zero attached hydrogens (tertiary/aromatic N) is 7. The van der Waals surface area contributed by atoms with Gasteiger partial charge in [-0.15, -0.1) is 0 Å². The number of nitrogens with two attached hydrogens (primary N) is 1. The van der Waals surface area contributed by atoms with E-state index in [0.29, 0.717) is 33.3 Å². The molecule has 1 amide bonds. The van der Waals surface area contributed by atoms with Crippen molar-refractivity contribution in [3.63, 3.8) is 0 Å². The maximum absolute atomic E-state index is 13.4. The highest BCUT2D eigenvalue weighted by atomic mass is 35.5. The van der Waals surface area contributed by atoms with Gasteiger partial charge in [0.15, 0.2) is 5.95 Å². The quantitative estimate of drug-likeness (QED) is 0.202. The summed E-state index contributed by atoms with van der Waals surface area (Å²) in [5, 5.41) is 3.62.